The van der Waals surface area contributed by atoms with Gasteiger partial charge in [-0.15, -0.1) is 0 Å². The van der Waals surface area contributed by atoms with Gasteiger partial charge in [0, 0.05) is 13.0 Å². The molecule has 0 aliphatic heterocycles. The second kappa shape index (κ2) is 36.5. The van der Waals surface area contributed by atoms with Crippen LogP contribution in [0.5, 0.6) is 0 Å². The van der Waals surface area contributed by atoms with Crippen LogP contribution in [0.15, 0.2) is 36.5 Å². The Morgan fingerprint density at radius 1 is 0.653 bits per heavy atom. The number of hydrogen-bond donors (Lipinski definition) is 4. The minimum Gasteiger partial charge on any atom is -0.387 e. The number of amides is 1. The Balaban J connectivity index is 4.27. The molecule has 5 N–H and O–H groups in total. The van der Waals surface area contributed by atoms with Crippen molar-refractivity contribution in [1.82, 2.24) is 5.32 Å². The normalized spacial score (nSPS) is 14.6. The summed E-state index contributed by atoms with van der Waals surface area (Å²) in [4.78, 5) is 22.5. The molecule has 8 nitrogen and oxygen atoms in total. The third-order valence-electron chi connectivity index (χ3n) is 8.70. The van der Waals surface area contributed by atoms with Gasteiger partial charge in [-0.05, 0) is 44.9 Å². The molecule has 0 saturated heterocycles. The van der Waals surface area contributed by atoms with E-state index in [1.54, 1.807) is 6.08 Å². The summed E-state index contributed by atoms with van der Waals surface area (Å²) >= 11 is 0. The smallest absolute Gasteiger partial charge is 0.387 e. The van der Waals surface area contributed by atoms with E-state index in [1.807, 2.05) is 6.08 Å². The molecule has 0 aliphatic rings. The highest BCUT2D eigenvalue weighted by molar-refractivity contribution is 7.47. The lowest BCUT2D eigenvalue weighted by Crippen LogP contribution is -2.45. The minimum atomic E-state index is -4.34. The van der Waals surface area contributed by atoms with Gasteiger partial charge < -0.3 is 21.1 Å². The highest BCUT2D eigenvalue weighted by Gasteiger charge is 2.26. The summed E-state index contributed by atoms with van der Waals surface area (Å²) in [6.45, 7) is 4.07. The number of rotatable bonds is 37. The first kappa shape index (κ1) is 47.7. The number of phosphoric ester groups is 1. The van der Waals surface area contributed by atoms with Gasteiger partial charge in [0.1, 0.15) is 0 Å². The van der Waals surface area contributed by atoms with Crippen molar-refractivity contribution in [2.24, 2.45) is 5.73 Å². The van der Waals surface area contributed by atoms with Crippen molar-refractivity contribution >= 4 is 13.7 Å². The molecular formula is C40H77N2O6P. The number of aliphatic hydroxyl groups excluding tert-OH is 1. The Hall–Kier alpha value is -1.28. The van der Waals surface area contributed by atoms with Crippen molar-refractivity contribution in [3.05, 3.63) is 36.5 Å². The Bertz CT molecular complexity index is 866. The molecule has 1 amide bonds. The summed E-state index contributed by atoms with van der Waals surface area (Å²) in [6, 6.07) is -0.878. The monoisotopic (exact) mass is 713 g/mol. The maximum atomic E-state index is 12.6. The van der Waals surface area contributed by atoms with Gasteiger partial charge in [-0.2, -0.15) is 0 Å². The van der Waals surface area contributed by atoms with Crippen molar-refractivity contribution in [1.29, 1.82) is 0 Å². The summed E-state index contributed by atoms with van der Waals surface area (Å²) in [5.41, 5.74) is 5.35. The fourth-order valence-electron chi connectivity index (χ4n) is 5.63. The molecule has 3 atom stereocenters. The largest absolute Gasteiger partial charge is 0.472 e. The molecule has 0 spiro atoms. The highest BCUT2D eigenvalue weighted by Crippen LogP contribution is 2.43. The number of nitrogens with two attached hydrogens (primary N) is 1. The van der Waals surface area contributed by atoms with Crippen LogP contribution in [0.25, 0.3) is 0 Å². The first-order valence-electron chi connectivity index (χ1n) is 20.1. The molecule has 0 fully saturated rings. The fourth-order valence-corrected chi connectivity index (χ4v) is 6.39. The van der Waals surface area contributed by atoms with Gasteiger partial charge in [-0.25, -0.2) is 4.57 Å². The zero-order chi connectivity index (χ0) is 36.1. The van der Waals surface area contributed by atoms with Crippen molar-refractivity contribution < 1.29 is 28.4 Å². The number of allylic oxidation sites excluding steroid dienone is 5. The van der Waals surface area contributed by atoms with Crippen LogP contribution in [-0.4, -0.2) is 47.8 Å². The van der Waals surface area contributed by atoms with Crippen molar-refractivity contribution in [3.63, 3.8) is 0 Å². The van der Waals surface area contributed by atoms with Crippen LogP contribution in [0.2, 0.25) is 0 Å². The number of unbranched alkanes of at least 4 members (excludes halogenated alkanes) is 21. The third kappa shape index (κ3) is 34.9. The molecule has 3 unspecified atom stereocenters. The van der Waals surface area contributed by atoms with E-state index in [4.69, 9.17) is 14.8 Å². The standard InChI is InChI=1S/C40H77N2O6P/c1-3-5-7-9-11-13-14-15-16-17-18-19-20-21-22-23-24-26-27-29-31-33-39(43)38(37-48-49(45,46)47-36-35-41)42-40(44)34-32-30-28-25-12-10-8-6-4-2/h20-21,24,26,31,33,38-39,43H,3-19,22-23,25,27-30,32,34-37,41H2,1-2H3,(H,42,44)(H,45,46)/b21-20+,26-24+,33-31+. The lowest BCUT2D eigenvalue weighted by atomic mass is 10.1. The second-order valence-corrected chi connectivity index (χ2v) is 14.9. The second-order valence-electron chi connectivity index (χ2n) is 13.5. The Labute approximate surface area is 301 Å². The van der Waals surface area contributed by atoms with E-state index in [0.29, 0.717) is 6.42 Å². The number of carbonyl (C=O) groups excluding carboxylic acids is 1. The summed E-state index contributed by atoms with van der Waals surface area (Å²) in [5.74, 6) is -0.213. The Kier molecular flexibility index (Phi) is 35.6. The Morgan fingerprint density at radius 2 is 1.08 bits per heavy atom. The van der Waals surface area contributed by atoms with Crippen molar-refractivity contribution in [2.45, 2.75) is 193 Å². The van der Waals surface area contributed by atoms with Gasteiger partial charge in [0.05, 0.1) is 25.4 Å². The number of phosphoric acid groups is 1. The molecule has 0 aliphatic carbocycles. The molecule has 49 heavy (non-hydrogen) atoms. The predicted molar refractivity (Wildman–Crippen MR) is 208 cm³/mol. The average Bonchev–Trinajstić information content (AvgIpc) is 3.09. The topological polar surface area (TPSA) is 131 Å². The van der Waals surface area contributed by atoms with Crippen molar-refractivity contribution in [3.8, 4) is 0 Å². The highest BCUT2D eigenvalue weighted by atomic mass is 31.2. The SMILES string of the molecule is CCCCCCCCCCCCC/C=C/CC/C=C/CC/C=C/C(O)C(COP(=O)(O)OCCN)NC(=O)CCCCCCCCCCC. The van der Waals surface area contributed by atoms with Crippen LogP contribution < -0.4 is 11.1 Å². The van der Waals surface area contributed by atoms with Gasteiger partial charge in [0.25, 0.3) is 0 Å². The van der Waals surface area contributed by atoms with Gasteiger partial charge in [-0.1, -0.05) is 166 Å². The first-order chi connectivity index (χ1) is 23.9. The zero-order valence-electron chi connectivity index (χ0n) is 31.7. The molecule has 0 saturated carbocycles. The lowest BCUT2D eigenvalue weighted by molar-refractivity contribution is -0.123. The van der Waals surface area contributed by atoms with Gasteiger partial charge in [0.15, 0.2) is 0 Å². The predicted octanol–water partition coefficient (Wildman–Crippen LogP) is 10.8. The molecular weight excluding hydrogens is 635 g/mol. The average molecular weight is 713 g/mol. The molecule has 0 bridgehead atoms. The van der Waals surface area contributed by atoms with E-state index in [9.17, 15) is 19.4 Å². The van der Waals surface area contributed by atoms with E-state index in [1.165, 1.54) is 116 Å². The molecule has 0 aromatic carbocycles. The molecule has 0 radical (unpaired) electrons. The third-order valence-corrected chi connectivity index (χ3v) is 9.68. The quantitative estimate of drug-likeness (QED) is 0.0286. The van der Waals surface area contributed by atoms with Crippen molar-refractivity contribution in [2.75, 3.05) is 19.8 Å². The van der Waals surface area contributed by atoms with E-state index >= 15 is 0 Å². The van der Waals surface area contributed by atoms with Crippen LogP contribution in [0.3, 0.4) is 0 Å². The maximum absolute atomic E-state index is 12.6. The molecule has 0 rings (SSSR count). The lowest BCUT2D eigenvalue weighted by Gasteiger charge is -2.23. The summed E-state index contributed by atoms with van der Waals surface area (Å²) in [5, 5.41) is 13.6. The van der Waals surface area contributed by atoms with E-state index < -0.39 is 20.0 Å². The fraction of sp³-hybridized carbons (Fsp3) is 0.825. The molecule has 0 aromatic rings. The van der Waals surface area contributed by atoms with E-state index in [2.05, 4.69) is 43.5 Å². The number of carbonyl (C=O) groups is 1. The summed E-state index contributed by atoms with van der Waals surface area (Å²) in [6.07, 6.45) is 42.1. The molecule has 288 valence electrons. The van der Waals surface area contributed by atoms with Gasteiger partial charge in [0.2, 0.25) is 5.91 Å². The number of nitrogens with one attached hydrogen (secondary N) is 1. The van der Waals surface area contributed by atoms with Crippen LogP contribution in [0.4, 0.5) is 0 Å². The molecule has 0 heterocycles. The zero-order valence-corrected chi connectivity index (χ0v) is 32.6. The van der Waals surface area contributed by atoms with Crippen LogP contribution in [0, 0.1) is 0 Å². The number of aliphatic hydroxyl groups is 1. The van der Waals surface area contributed by atoms with E-state index in [-0.39, 0.29) is 25.7 Å². The minimum absolute atomic E-state index is 0.0722. The van der Waals surface area contributed by atoms with Crippen LogP contribution in [0.1, 0.15) is 181 Å². The van der Waals surface area contributed by atoms with E-state index in [0.717, 1.165) is 44.9 Å². The molecule has 0 aromatic heterocycles. The van der Waals surface area contributed by atoms with Gasteiger partial charge in [-0.3, -0.25) is 13.8 Å². The van der Waals surface area contributed by atoms with Crippen LogP contribution >= 0.6 is 7.82 Å². The summed E-state index contributed by atoms with van der Waals surface area (Å²) in [7, 11) is -4.34. The number of hydrogen-bond acceptors (Lipinski definition) is 6. The summed E-state index contributed by atoms with van der Waals surface area (Å²) < 4.78 is 22.0. The van der Waals surface area contributed by atoms with Crippen LogP contribution in [-0.2, 0) is 18.4 Å². The molecule has 9 heteroatoms. The maximum Gasteiger partial charge on any atom is 0.472 e. The first-order valence-corrected chi connectivity index (χ1v) is 21.6. The Morgan fingerprint density at radius 3 is 1.57 bits per heavy atom. The van der Waals surface area contributed by atoms with Gasteiger partial charge >= 0.3 is 7.82 Å².